The Kier molecular flexibility index (Phi) is 4.73. The Labute approximate surface area is 138 Å². The molecule has 124 valence electrons. The van der Waals surface area contributed by atoms with Crippen molar-refractivity contribution in [2.75, 3.05) is 19.7 Å². The Morgan fingerprint density at radius 3 is 3.09 bits per heavy atom. The van der Waals surface area contributed by atoms with Crippen LogP contribution in [0.1, 0.15) is 19.8 Å². The van der Waals surface area contributed by atoms with Crippen molar-refractivity contribution in [3.05, 3.63) is 33.8 Å². The quantitative estimate of drug-likeness (QED) is 0.801. The summed E-state index contributed by atoms with van der Waals surface area (Å²) in [5, 5.41) is 0.527. The molecule has 1 aromatic carbocycles. The molecule has 23 heavy (non-hydrogen) atoms. The molecule has 6 nitrogen and oxygen atoms in total. The van der Waals surface area contributed by atoms with Crippen LogP contribution in [0.3, 0.4) is 0 Å². The fourth-order valence-electron chi connectivity index (χ4n) is 3.01. The molecule has 2 heterocycles. The average Bonchev–Trinajstić information content (AvgIpc) is 2.83. The lowest BCUT2D eigenvalue weighted by Gasteiger charge is -2.31. The van der Waals surface area contributed by atoms with Gasteiger partial charge in [0.2, 0.25) is 0 Å². The molecular weight excluding hydrogens is 320 g/mol. The summed E-state index contributed by atoms with van der Waals surface area (Å²) in [6, 6.07) is 5.13. The van der Waals surface area contributed by atoms with E-state index in [9.17, 15) is 9.59 Å². The van der Waals surface area contributed by atoms with E-state index in [0.29, 0.717) is 35.9 Å². The van der Waals surface area contributed by atoms with E-state index >= 15 is 0 Å². The van der Waals surface area contributed by atoms with Crippen molar-refractivity contribution >= 4 is 28.7 Å². The van der Waals surface area contributed by atoms with Gasteiger partial charge in [0.15, 0.2) is 5.58 Å². The van der Waals surface area contributed by atoms with E-state index in [1.807, 2.05) is 0 Å². The maximum absolute atomic E-state index is 12.1. The van der Waals surface area contributed by atoms with Gasteiger partial charge in [-0.1, -0.05) is 11.6 Å². The van der Waals surface area contributed by atoms with Crippen LogP contribution in [0, 0.1) is 5.92 Å². The molecule has 0 spiro atoms. The molecule has 1 aliphatic rings. The van der Waals surface area contributed by atoms with Crippen molar-refractivity contribution in [1.29, 1.82) is 0 Å². The summed E-state index contributed by atoms with van der Waals surface area (Å²) in [5.41, 5.74) is 1.18. The molecule has 1 saturated heterocycles. The summed E-state index contributed by atoms with van der Waals surface area (Å²) in [7, 11) is 0. The van der Waals surface area contributed by atoms with Gasteiger partial charge in [0, 0.05) is 17.6 Å². The van der Waals surface area contributed by atoms with E-state index in [0.717, 1.165) is 19.4 Å². The summed E-state index contributed by atoms with van der Waals surface area (Å²) < 4.78 is 11.9. The Bertz CT molecular complexity index is 767. The van der Waals surface area contributed by atoms with Gasteiger partial charge in [0.1, 0.15) is 0 Å². The first-order chi connectivity index (χ1) is 11.1. The molecule has 1 aliphatic heterocycles. The molecule has 0 amide bonds. The fraction of sp³-hybridized carbons (Fsp3) is 0.500. The topological polar surface area (TPSA) is 64.7 Å². The maximum Gasteiger partial charge on any atom is 0.421 e. The van der Waals surface area contributed by atoms with Crippen LogP contribution >= 0.6 is 11.6 Å². The molecule has 0 unspecified atom stereocenters. The number of halogens is 1. The van der Waals surface area contributed by atoms with E-state index in [1.165, 1.54) is 0 Å². The van der Waals surface area contributed by atoms with Gasteiger partial charge in [-0.05, 0) is 38.4 Å². The number of ether oxygens (including phenoxy) is 1. The third kappa shape index (κ3) is 3.43. The molecule has 0 aliphatic carbocycles. The molecule has 1 fully saturated rings. The molecule has 1 atom stereocenters. The van der Waals surface area contributed by atoms with Gasteiger partial charge >= 0.3 is 11.7 Å². The highest BCUT2D eigenvalue weighted by molar-refractivity contribution is 6.31. The molecule has 0 saturated carbocycles. The zero-order valence-electron chi connectivity index (χ0n) is 13.0. The molecule has 7 heteroatoms. The monoisotopic (exact) mass is 338 g/mol. The molecule has 1 aromatic heterocycles. The minimum atomic E-state index is -0.416. The number of rotatable bonds is 4. The maximum atomic E-state index is 12.1. The number of esters is 1. The lowest BCUT2D eigenvalue weighted by atomic mass is 9.98. The van der Waals surface area contributed by atoms with Gasteiger partial charge in [-0.3, -0.25) is 14.3 Å². The van der Waals surface area contributed by atoms with Gasteiger partial charge < -0.3 is 9.15 Å². The number of carbonyl (C=O) groups excluding carboxylic acids is 1. The number of likely N-dealkylation sites (tertiary alicyclic amines) is 1. The highest BCUT2D eigenvalue weighted by Crippen LogP contribution is 2.21. The van der Waals surface area contributed by atoms with Crippen LogP contribution in [0.15, 0.2) is 27.4 Å². The summed E-state index contributed by atoms with van der Waals surface area (Å²) in [6.45, 7) is 4.01. The fourth-order valence-corrected chi connectivity index (χ4v) is 3.17. The summed E-state index contributed by atoms with van der Waals surface area (Å²) in [6.07, 6.45) is 1.73. The smallest absolute Gasteiger partial charge is 0.421 e. The highest BCUT2D eigenvalue weighted by Gasteiger charge is 2.27. The van der Waals surface area contributed by atoms with Crippen LogP contribution < -0.4 is 5.76 Å². The number of piperidine rings is 1. The highest BCUT2D eigenvalue weighted by atomic mass is 35.5. The third-order valence-electron chi connectivity index (χ3n) is 4.10. The van der Waals surface area contributed by atoms with E-state index in [2.05, 4.69) is 4.90 Å². The Balaban J connectivity index is 1.78. The Hall–Kier alpha value is -1.79. The van der Waals surface area contributed by atoms with Crippen molar-refractivity contribution in [2.45, 2.75) is 26.4 Å². The first-order valence-corrected chi connectivity index (χ1v) is 8.14. The van der Waals surface area contributed by atoms with Gasteiger partial charge in [-0.2, -0.15) is 0 Å². The summed E-state index contributed by atoms with van der Waals surface area (Å²) in [4.78, 5) is 26.1. The normalized spacial score (nSPS) is 19.1. The number of benzene rings is 1. The summed E-state index contributed by atoms with van der Waals surface area (Å²) >= 11 is 5.92. The number of nitrogens with zero attached hydrogens (tertiary/aromatic N) is 2. The van der Waals surface area contributed by atoms with Crippen LogP contribution in [-0.4, -0.2) is 35.1 Å². The van der Waals surface area contributed by atoms with Crippen molar-refractivity contribution < 1.29 is 13.9 Å². The first-order valence-electron chi connectivity index (χ1n) is 7.76. The van der Waals surface area contributed by atoms with Gasteiger partial charge in [-0.25, -0.2) is 4.79 Å². The molecule has 0 N–H and O–H groups in total. The van der Waals surface area contributed by atoms with E-state index < -0.39 is 5.76 Å². The number of carbonyl (C=O) groups is 1. The lowest BCUT2D eigenvalue weighted by molar-refractivity contribution is -0.150. The Morgan fingerprint density at radius 1 is 1.48 bits per heavy atom. The average molecular weight is 339 g/mol. The van der Waals surface area contributed by atoms with Crippen LogP contribution in [0.5, 0.6) is 0 Å². The van der Waals surface area contributed by atoms with Crippen LogP contribution in [0.4, 0.5) is 0 Å². The molecule has 0 bridgehead atoms. The molecular formula is C16H19ClN2O4. The van der Waals surface area contributed by atoms with Crippen LogP contribution in [0.2, 0.25) is 5.02 Å². The Morgan fingerprint density at radius 2 is 2.30 bits per heavy atom. The van der Waals surface area contributed by atoms with Crippen molar-refractivity contribution in [1.82, 2.24) is 9.47 Å². The zero-order valence-corrected chi connectivity index (χ0v) is 13.7. The van der Waals surface area contributed by atoms with Crippen LogP contribution in [0.25, 0.3) is 11.1 Å². The third-order valence-corrected chi connectivity index (χ3v) is 4.33. The standard InChI is InChI=1S/C16H19ClN2O4/c1-2-22-15(20)11-4-3-7-18(9-11)10-19-13-6-5-12(17)8-14(13)23-16(19)21/h5-6,8,11H,2-4,7,9-10H2,1H3/t11-/m0/s1. The second-order valence-corrected chi connectivity index (χ2v) is 6.15. The zero-order chi connectivity index (χ0) is 16.4. The van der Waals surface area contributed by atoms with Crippen molar-refractivity contribution in [2.24, 2.45) is 5.92 Å². The van der Waals surface area contributed by atoms with E-state index in [1.54, 1.807) is 29.7 Å². The number of fused-ring (bicyclic) bond motifs is 1. The van der Waals surface area contributed by atoms with Crippen molar-refractivity contribution in [3.8, 4) is 0 Å². The van der Waals surface area contributed by atoms with Crippen LogP contribution in [-0.2, 0) is 16.2 Å². The second-order valence-electron chi connectivity index (χ2n) is 5.72. The van der Waals surface area contributed by atoms with Gasteiger partial charge in [-0.15, -0.1) is 0 Å². The van der Waals surface area contributed by atoms with E-state index in [-0.39, 0.29) is 11.9 Å². The molecule has 0 radical (unpaired) electrons. The van der Waals surface area contributed by atoms with Gasteiger partial charge in [0.05, 0.1) is 24.7 Å². The number of aromatic nitrogens is 1. The minimum Gasteiger partial charge on any atom is -0.466 e. The molecule has 2 aromatic rings. The lowest BCUT2D eigenvalue weighted by Crippen LogP contribution is -2.41. The predicted octanol–water partition coefficient (Wildman–Crippen LogP) is 2.48. The van der Waals surface area contributed by atoms with E-state index in [4.69, 9.17) is 20.8 Å². The molecule has 3 rings (SSSR count). The van der Waals surface area contributed by atoms with Gasteiger partial charge in [0.25, 0.3) is 0 Å². The SMILES string of the molecule is CCOC(=O)[C@H]1CCCN(Cn2c(=O)oc3cc(Cl)ccc32)C1. The minimum absolute atomic E-state index is 0.132. The van der Waals surface area contributed by atoms with Crippen molar-refractivity contribution in [3.63, 3.8) is 0 Å². The predicted molar refractivity (Wildman–Crippen MR) is 86.4 cm³/mol. The summed E-state index contributed by atoms with van der Waals surface area (Å²) in [5.74, 6) is -0.707. The number of hydrogen-bond acceptors (Lipinski definition) is 5. The number of oxazole rings is 1. The first kappa shape index (κ1) is 16.1. The largest absolute Gasteiger partial charge is 0.466 e. The second kappa shape index (κ2) is 6.76. The number of hydrogen-bond donors (Lipinski definition) is 0.